The van der Waals surface area contributed by atoms with Gasteiger partial charge in [0.1, 0.15) is 29.3 Å². The van der Waals surface area contributed by atoms with Gasteiger partial charge in [-0.1, -0.05) is 11.2 Å². The number of carbonyl (C=O) groups is 1. The summed E-state index contributed by atoms with van der Waals surface area (Å²) in [5.74, 6) is 1.47. The third-order valence-electron chi connectivity index (χ3n) is 5.37. The number of anilines is 1. The molecule has 3 N–H and O–H groups in total. The van der Waals surface area contributed by atoms with E-state index < -0.39 is 0 Å². The summed E-state index contributed by atoms with van der Waals surface area (Å²) in [4.78, 5) is 23.8. The maximum Gasteiger partial charge on any atom is 0.207 e. The number of hydrogen-bond donors (Lipinski definition) is 2. The lowest BCUT2D eigenvalue weighted by atomic mass is 10.0. The molecule has 1 amide bonds. The molecule has 158 valence electrons. The lowest BCUT2D eigenvalue weighted by Gasteiger charge is -2.05. The SMILES string of the molecule is CC(C)n1nc(-c2noc(C3CC3)c2-c2ccc(CNC=O)cn2)c2c(N)ncnc21. The highest BCUT2D eigenvalue weighted by atomic mass is 16.5. The molecular formula is C21H22N8O2. The number of rotatable bonds is 7. The van der Waals surface area contributed by atoms with Gasteiger partial charge in [-0.2, -0.15) is 5.10 Å². The quantitative estimate of drug-likeness (QED) is 0.437. The molecule has 0 radical (unpaired) electrons. The standard InChI is InChI=1S/C21H22N8O2/c1-11(2)29-21-16(20(22)25-9-26-21)17(27-29)18-15(19(31-28-18)13-4-5-13)14-6-3-12(8-24-14)7-23-10-30/h3,6,8-11,13H,4-5,7H2,1-2H3,(H,23,30)(H2,22,25,26). The Morgan fingerprint density at radius 1 is 1.26 bits per heavy atom. The van der Waals surface area contributed by atoms with E-state index in [0.29, 0.717) is 47.1 Å². The summed E-state index contributed by atoms with van der Waals surface area (Å²) in [6.07, 6.45) is 5.95. The van der Waals surface area contributed by atoms with Gasteiger partial charge in [-0.3, -0.25) is 9.78 Å². The molecule has 0 spiro atoms. The molecule has 0 aromatic carbocycles. The molecule has 4 heterocycles. The van der Waals surface area contributed by atoms with Crippen LogP contribution in [0.5, 0.6) is 0 Å². The van der Waals surface area contributed by atoms with E-state index in [1.54, 1.807) is 6.20 Å². The first-order valence-electron chi connectivity index (χ1n) is 10.2. The number of hydrogen-bond acceptors (Lipinski definition) is 8. The van der Waals surface area contributed by atoms with Gasteiger partial charge in [0.2, 0.25) is 6.41 Å². The van der Waals surface area contributed by atoms with E-state index in [2.05, 4.69) is 25.4 Å². The van der Waals surface area contributed by atoms with Crippen LogP contribution in [-0.2, 0) is 11.3 Å². The number of aromatic nitrogens is 6. The van der Waals surface area contributed by atoms with E-state index in [0.717, 1.165) is 35.4 Å². The Balaban J connectivity index is 1.69. The summed E-state index contributed by atoms with van der Waals surface area (Å²) in [6, 6.07) is 3.91. The first-order chi connectivity index (χ1) is 15.1. The van der Waals surface area contributed by atoms with Crippen molar-refractivity contribution in [2.45, 2.75) is 45.2 Å². The first kappa shape index (κ1) is 19.2. The van der Waals surface area contributed by atoms with Crippen molar-refractivity contribution in [1.29, 1.82) is 0 Å². The molecule has 0 aliphatic heterocycles. The normalized spacial score (nSPS) is 13.8. The smallest absolute Gasteiger partial charge is 0.207 e. The second-order valence-electron chi connectivity index (χ2n) is 7.94. The second kappa shape index (κ2) is 7.46. The van der Waals surface area contributed by atoms with E-state index in [4.69, 9.17) is 15.4 Å². The van der Waals surface area contributed by atoms with Crippen LogP contribution in [-0.4, -0.2) is 36.3 Å². The van der Waals surface area contributed by atoms with Crippen molar-refractivity contribution >= 4 is 23.3 Å². The topological polar surface area (TPSA) is 138 Å². The maximum absolute atomic E-state index is 10.6. The van der Waals surface area contributed by atoms with Crippen molar-refractivity contribution in [1.82, 2.24) is 35.2 Å². The number of carbonyl (C=O) groups excluding carboxylic acids is 1. The predicted molar refractivity (Wildman–Crippen MR) is 114 cm³/mol. The summed E-state index contributed by atoms with van der Waals surface area (Å²) in [5.41, 5.74) is 10.5. The monoisotopic (exact) mass is 418 g/mol. The van der Waals surface area contributed by atoms with E-state index in [9.17, 15) is 4.79 Å². The van der Waals surface area contributed by atoms with Crippen LogP contribution in [0.25, 0.3) is 33.7 Å². The molecule has 31 heavy (non-hydrogen) atoms. The summed E-state index contributed by atoms with van der Waals surface area (Å²) in [6.45, 7) is 4.48. The molecule has 5 rings (SSSR count). The lowest BCUT2D eigenvalue weighted by molar-refractivity contribution is -0.109. The maximum atomic E-state index is 10.6. The first-order valence-corrected chi connectivity index (χ1v) is 10.2. The van der Waals surface area contributed by atoms with Crippen molar-refractivity contribution in [3.8, 4) is 22.6 Å². The highest BCUT2D eigenvalue weighted by Crippen LogP contribution is 2.48. The molecule has 0 bridgehead atoms. The van der Waals surface area contributed by atoms with Gasteiger partial charge in [0.25, 0.3) is 0 Å². The fourth-order valence-electron chi connectivity index (χ4n) is 3.69. The Kier molecular flexibility index (Phi) is 4.61. The van der Waals surface area contributed by atoms with Crippen LogP contribution in [0.1, 0.15) is 50.0 Å². The predicted octanol–water partition coefficient (Wildman–Crippen LogP) is 2.83. The molecule has 1 fully saturated rings. The van der Waals surface area contributed by atoms with Crippen LogP contribution in [0, 0.1) is 0 Å². The number of nitrogens with two attached hydrogens (primary N) is 1. The number of amides is 1. The molecule has 1 saturated carbocycles. The molecule has 4 aromatic heterocycles. The second-order valence-corrected chi connectivity index (χ2v) is 7.94. The number of fused-ring (bicyclic) bond motifs is 1. The fourth-order valence-corrected chi connectivity index (χ4v) is 3.69. The van der Waals surface area contributed by atoms with Crippen LogP contribution in [0.15, 0.2) is 29.2 Å². The van der Waals surface area contributed by atoms with E-state index >= 15 is 0 Å². The molecular weight excluding hydrogens is 396 g/mol. The van der Waals surface area contributed by atoms with Crippen LogP contribution in [0.2, 0.25) is 0 Å². The average molecular weight is 418 g/mol. The molecule has 1 aliphatic rings. The lowest BCUT2D eigenvalue weighted by Crippen LogP contribution is -2.09. The largest absolute Gasteiger partial charge is 0.383 e. The third-order valence-corrected chi connectivity index (χ3v) is 5.37. The molecule has 1 aliphatic carbocycles. The Labute approximate surface area is 177 Å². The minimum atomic E-state index is 0.0755. The van der Waals surface area contributed by atoms with Gasteiger partial charge < -0.3 is 15.6 Å². The average Bonchev–Trinajstić information content (AvgIpc) is 3.39. The molecule has 4 aromatic rings. The van der Waals surface area contributed by atoms with Crippen molar-refractivity contribution in [2.75, 3.05) is 5.73 Å². The molecule has 0 unspecified atom stereocenters. The van der Waals surface area contributed by atoms with Gasteiger partial charge in [-0.25, -0.2) is 14.6 Å². The van der Waals surface area contributed by atoms with Gasteiger partial charge >= 0.3 is 0 Å². The Hall–Kier alpha value is -3.82. The van der Waals surface area contributed by atoms with Gasteiger partial charge in [0.05, 0.1) is 16.6 Å². The van der Waals surface area contributed by atoms with Gasteiger partial charge in [-0.15, -0.1) is 0 Å². The van der Waals surface area contributed by atoms with Crippen LogP contribution in [0.3, 0.4) is 0 Å². The van der Waals surface area contributed by atoms with Crippen molar-refractivity contribution < 1.29 is 9.32 Å². The Morgan fingerprint density at radius 3 is 2.77 bits per heavy atom. The highest BCUT2D eigenvalue weighted by Gasteiger charge is 2.35. The molecule has 0 saturated heterocycles. The van der Waals surface area contributed by atoms with Gasteiger partial charge in [0.15, 0.2) is 5.65 Å². The molecule has 0 atom stereocenters. The number of nitrogens with zero attached hydrogens (tertiary/aromatic N) is 6. The van der Waals surface area contributed by atoms with Crippen molar-refractivity contribution in [3.05, 3.63) is 36.0 Å². The zero-order valence-electron chi connectivity index (χ0n) is 17.2. The Morgan fingerprint density at radius 2 is 2.10 bits per heavy atom. The molecule has 10 heteroatoms. The number of nitrogens with one attached hydrogen (secondary N) is 1. The van der Waals surface area contributed by atoms with Crippen molar-refractivity contribution in [2.24, 2.45) is 0 Å². The van der Waals surface area contributed by atoms with E-state index in [1.165, 1.54) is 6.33 Å². The van der Waals surface area contributed by atoms with Crippen molar-refractivity contribution in [3.63, 3.8) is 0 Å². The minimum absolute atomic E-state index is 0.0755. The number of pyridine rings is 1. The number of nitrogen functional groups attached to an aromatic ring is 1. The zero-order chi connectivity index (χ0) is 21.5. The summed E-state index contributed by atoms with van der Waals surface area (Å²) in [5, 5.41) is 12.5. The van der Waals surface area contributed by atoms with Gasteiger partial charge in [-0.05, 0) is 38.3 Å². The minimum Gasteiger partial charge on any atom is -0.383 e. The summed E-state index contributed by atoms with van der Waals surface area (Å²) >= 11 is 0. The highest BCUT2D eigenvalue weighted by molar-refractivity contribution is 6.00. The van der Waals surface area contributed by atoms with Gasteiger partial charge in [0, 0.05) is 24.7 Å². The summed E-state index contributed by atoms with van der Waals surface area (Å²) in [7, 11) is 0. The zero-order valence-corrected chi connectivity index (χ0v) is 17.2. The fraction of sp³-hybridized carbons (Fsp3) is 0.333. The Bertz CT molecular complexity index is 1250. The van der Waals surface area contributed by atoms with Crippen LogP contribution >= 0.6 is 0 Å². The van der Waals surface area contributed by atoms with E-state index in [1.807, 2.05) is 30.7 Å². The third kappa shape index (κ3) is 3.29. The molecule has 10 nitrogen and oxygen atoms in total. The summed E-state index contributed by atoms with van der Waals surface area (Å²) < 4.78 is 7.62. The van der Waals surface area contributed by atoms with E-state index in [-0.39, 0.29) is 6.04 Å². The van der Waals surface area contributed by atoms with Crippen LogP contribution in [0.4, 0.5) is 5.82 Å². The van der Waals surface area contributed by atoms with Crippen LogP contribution < -0.4 is 11.1 Å².